The fourth-order valence-corrected chi connectivity index (χ4v) is 2.82. The van der Waals surface area contributed by atoms with Crippen molar-refractivity contribution in [1.29, 1.82) is 0 Å². The maximum absolute atomic E-state index is 12.4. The average molecular weight is 315 g/mol. The number of hydrogen-bond acceptors (Lipinski definition) is 6. The van der Waals surface area contributed by atoms with Crippen molar-refractivity contribution < 1.29 is 9.32 Å². The number of nitrogens with two attached hydrogens (primary N) is 1. The molecule has 0 bridgehead atoms. The Labute approximate surface area is 134 Å². The third kappa shape index (κ3) is 4.14. The van der Waals surface area contributed by atoms with Gasteiger partial charge in [-0.2, -0.15) is 4.98 Å². The Morgan fingerprint density at radius 1 is 1.39 bits per heavy atom. The Bertz CT molecular complexity index is 643. The smallest absolute Gasteiger partial charge is 0.240 e. The predicted octanol–water partition coefficient (Wildman–Crippen LogP) is 1.38. The van der Waals surface area contributed by atoms with E-state index in [-0.39, 0.29) is 18.4 Å². The van der Waals surface area contributed by atoms with Crippen molar-refractivity contribution >= 4 is 11.6 Å². The van der Waals surface area contributed by atoms with Crippen LogP contribution in [0.4, 0.5) is 5.69 Å². The maximum atomic E-state index is 12.4. The van der Waals surface area contributed by atoms with Crippen molar-refractivity contribution in [2.75, 3.05) is 18.4 Å². The van der Waals surface area contributed by atoms with E-state index in [4.69, 9.17) is 10.3 Å². The molecule has 3 rings (SSSR count). The second-order valence-corrected chi connectivity index (χ2v) is 5.74. The van der Waals surface area contributed by atoms with Crippen LogP contribution < -0.4 is 11.1 Å². The van der Waals surface area contributed by atoms with Crippen LogP contribution in [0, 0.1) is 5.92 Å². The molecule has 0 aliphatic carbocycles. The molecular formula is C16H21N5O2. The van der Waals surface area contributed by atoms with Gasteiger partial charge in [0.15, 0.2) is 5.82 Å². The number of hydrogen-bond donors (Lipinski definition) is 2. The standard InChI is InChI=1S/C16H21N5O2/c17-9-15-19-14(20-23-15)11-21-8-4-5-12(10-21)16(22)18-13-6-2-1-3-7-13/h1-3,6-7,12H,4-5,8-11,17H2,(H,18,22). The Morgan fingerprint density at radius 3 is 2.96 bits per heavy atom. The zero-order chi connectivity index (χ0) is 16.1. The van der Waals surface area contributed by atoms with E-state index in [9.17, 15) is 4.79 Å². The number of anilines is 1. The van der Waals surface area contributed by atoms with Crippen LogP contribution >= 0.6 is 0 Å². The second-order valence-electron chi connectivity index (χ2n) is 5.74. The summed E-state index contributed by atoms with van der Waals surface area (Å²) in [6, 6.07) is 9.54. The lowest BCUT2D eigenvalue weighted by atomic mass is 9.97. The molecule has 7 heteroatoms. The van der Waals surface area contributed by atoms with E-state index in [0.717, 1.165) is 25.1 Å². The molecule has 3 N–H and O–H groups in total. The van der Waals surface area contributed by atoms with E-state index in [0.29, 0.717) is 24.8 Å². The molecule has 2 heterocycles. The van der Waals surface area contributed by atoms with E-state index < -0.39 is 0 Å². The Kier molecular flexibility index (Phi) is 4.99. The molecule has 1 aromatic carbocycles. The van der Waals surface area contributed by atoms with Gasteiger partial charge in [-0.05, 0) is 31.5 Å². The molecule has 7 nitrogen and oxygen atoms in total. The van der Waals surface area contributed by atoms with Crippen LogP contribution in [0.1, 0.15) is 24.6 Å². The number of likely N-dealkylation sites (tertiary alicyclic amines) is 1. The summed E-state index contributed by atoms with van der Waals surface area (Å²) in [4.78, 5) is 18.8. The van der Waals surface area contributed by atoms with Crippen molar-refractivity contribution in [3.05, 3.63) is 42.0 Å². The fourth-order valence-electron chi connectivity index (χ4n) is 2.82. The average Bonchev–Trinajstić information content (AvgIpc) is 3.03. The summed E-state index contributed by atoms with van der Waals surface area (Å²) in [5.74, 6) is 1.10. The molecule has 0 spiro atoms. The van der Waals surface area contributed by atoms with Gasteiger partial charge >= 0.3 is 0 Å². The highest BCUT2D eigenvalue weighted by molar-refractivity contribution is 5.92. The second kappa shape index (κ2) is 7.34. The molecule has 1 aliphatic rings. The van der Waals surface area contributed by atoms with Crippen LogP contribution in [0.3, 0.4) is 0 Å². The lowest BCUT2D eigenvalue weighted by Gasteiger charge is -2.31. The van der Waals surface area contributed by atoms with Gasteiger partial charge in [-0.25, -0.2) is 0 Å². The summed E-state index contributed by atoms with van der Waals surface area (Å²) in [6.07, 6.45) is 1.88. The van der Waals surface area contributed by atoms with Crippen molar-refractivity contribution in [3.63, 3.8) is 0 Å². The van der Waals surface area contributed by atoms with E-state index in [2.05, 4.69) is 20.4 Å². The van der Waals surface area contributed by atoms with Crippen LogP contribution in [0.25, 0.3) is 0 Å². The van der Waals surface area contributed by atoms with Crippen LogP contribution in [0.5, 0.6) is 0 Å². The number of carbonyl (C=O) groups is 1. The first-order chi connectivity index (χ1) is 11.2. The Morgan fingerprint density at radius 2 is 2.22 bits per heavy atom. The van der Waals surface area contributed by atoms with Gasteiger partial charge in [0.05, 0.1) is 19.0 Å². The number of piperidine rings is 1. The zero-order valence-corrected chi connectivity index (χ0v) is 12.9. The van der Waals surface area contributed by atoms with Crippen molar-refractivity contribution in [1.82, 2.24) is 15.0 Å². The molecule has 1 fully saturated rings. The monoisotopic (exact) mass is 315 g/mol. The number of nitrogens with one attached hydrogen (secondary N) is 1. The van der Waals surface area contributed by atoms with Crippen molar-refractivity contribution in [2.45, 2.75) is 25.9 Å². The summed E-state index contributed by atoms with van der Waals surface area (Å²) in [6.45, 7) is 2.46. The van der Waals surface area contributed by atoms with E-state index in [1.165, 1.54) is 0 Å². The first-order valence-corrected chi connectivity index (χ1v) is 7.84. The maximum Gasteiger partial charge on any atom is 0.240 e. The fraction of sp³-hybridized carbons (Fsp3) is 0.438. The lowest BCUT2D eigenvalue weighted by Crippen LogP contribution is -2.40. The summed E-state index contributed by atoms with van der Waals surface area (Å²) in [7, 11) is 0. The van der Waals surface area contributed by atoms with Gasteiger partial charge in [0.25, 0.3) is 0 Å². The minimum absolute atomic E-state index is 0.0233. The minimum atomic E-state index is -0.0233. The molecule has 1 aromatic heterocycles. The molecule has 1 aliphatic heterocycles. The van der Waals surface area contributed by atoms with E-state index in [1.807, 2.05) is 30.3 Å². The highest BCUT2D eigenvalue weighted by atomic mass is 16.5. The number of rotatable bonds is 5. The molecule has 1 amide bonds. The summed E-state index contributed by atoms with van der Waals surface area (Å²) in [5, 5.41) is 6.89. The zero-order valence-electron chi connectivity index (χ0n) is 12.9. The molecule has 2 aromatic rings. The third-order valence-corrected chi connectivity index (χ3v) is 3.97. The van der Waals surface area contributed by atoms with E-state index >= 15 is 0 Å². The van der Waals surface area contributed by atoms with Crippen LogP contribution in [0.2, 0.25) is 0 Å². The van der Waals surface area contributed by atoms with Gasteiger partial charge in [0, 0.05) is 12.2 Å². The number of amides is 1. The van der Waals surface area contributed by atoms with Gasteiger partial charge in [-0.1, -0.05) is 23.4 Å². The van der Waals surface area contributed by atoms with Gasteiger partial charge in [0.2, 0.25) is 11.8 Å². The van der Waals surface area contributed by atoms with Crippen molar-refractivity contribution in [3.8, 4) is 0 Å². The molecule has 0 saturated carbocycles. The minimum Gasteiger partial charge on any atom is -0.338 e. The van der Waals surface area contributed by atoms with E-state index in [1.54, 1.807) is 0 Å². The lowest BCUT2D eigenvalue weighted by molar-refractivity contribution is -0.121. The quantitative estimate of drug-likeness (QED) is 0.865. The number of para-hydroxylation sites is 1. The molecule has 1 unspecified atom stereocenters. The van der Waals surface area contributed by atoms with Crippen LogP contribution in [-0.4, -0.2) is 34.0 Å². The number of nitrogens with zero attached hydrogens (tertiary/aromatic N) is 3. The first-order valence-electron chi connectivity index (χ1n) is 7.84. The molecule has 122 valence electrons. The largest absolute Gasteiger partial charge is 0.338 e. The van der Waals surface area contributed by atoms with Crippen LogP contribution in [-0.2, 0) is 17.9 Å². The molecule has 1 atom stereocenters. The highest BCUT2D eigenvalue weighted by Crippen LogP contribution is 2.20. The van der Waals surface area contributed by atoms with Gasteiger partial charge < -0.3 is 15.6 Å². The predicted molar refractivity (Wildman–Crippen MR) is 85.3 cm³/mol. The Balaban J connectivity index is 1.56. The summed E-state index contributed by atoms with van der Waals surface area (Å²) in [5.41, 5.74) is 6.30. The Hall–Kier alpha value is -2.25. The van der Waals surface area contributed by atoms with Gasteiger partial charge in [0.1, 0.15) is 0 Å². The first kappa shape index (κ1) is 15.6. The number of aromatic nitrogens is 2. The summed E-state index contributed by atoms with van der Waals surface area (Å²) >= 11 is 0. The van der Waals surface area contributed by atoms with Crippen LogP contribution in [0.15, 0.2) is 34.9 Å². The van der Waals surface area contributed by atoms with Gasteiger partial charge in [-0.3, -0.25) is 9.69 Å². The molecule has 23 heavy (non-hydrogen) atoms. The SMILES string of the molecule is NCc1nc(CN2CCCC(C(=O)Nc3ccccc3)C2)no1. The van der Waals surface area contributed by atoms with Crippen molar-refractivity contribution in [2.24, 2.45) is 11.7 Å². The number of carbonyl (C=O) groups excluding carboxylic acids is 1. The molecule has 0 radical (unpaired) electrons. The molecular weight excluding hydrogens is 294 g/mol. The van der Waals surface area contributed by atoms with Gasteiger partial charge in [-0.15, -0.1) is 0 Å². The normalized spacial score (nSPS) is 18.7. The summed E-state index contributed by atoms with van der Waals surface area (Å²) < 4.78 is 5.02. The topological polar surface area (TPSA) is 97.3 Å². The highest BCUT2D eigenvalue weighted by Gasteiger charge is 2.26. The third-order valence-electron chi connectivity index (χ3n) is 3.97. The molecule has 1 saturated heterocycles. The number of benzene rings is 1.